The van der Waals surface area contributed by atoms with E-state index in [9.17, 15) is 18.4 Å². The van der Waals surface area contributed by atoms with Crippen molar-refractivity contribution >= 4 is 11.8 Å². The summed E-state index contributed by atoms with van der Waals surface area (Å²) in [6.45, 7) is 4.24. The predicted octanol–water partition coefficient (Wildman–Crippen LogP) is 10.5. The van der Waals surface area contributed by atoms with Crippen LogP contribution in [0.2, 0.25) is 0 Å². The molecule has 0 saturated heterocycles. The van der Waals surface area contributed by atoms with E-state index in [-0.39, 0.29) is 11.5 Å². The van der Waals surface area contributed by atoms with Gasteiger partial charge in [0.15, 0.2) is 0 Å². The van der Waals surface area contributed by atoms with Crippen molar-refractivity contribution in [3.63, 3.8) is 0 Å². The molecule has 212 valence electrons. The minimum Gasteiger partial charge on any atom is -0.192 e. The highest BCUT2D eigenvalue weighted by atomic mass is 32.2. The highest BCUT2D eigenvalue weighted by Crippen LogP contribution is 2.43. The van der Waals surface area contributed by atoms with Gasteiger partial charge in [0.2, 0.25) is 0 Å². The van der Waals surface area contributed by atoms with Gasteiger partial charge in [0, 0.05) is 4.90 Å². The lowest BCUT2D eigenvalue weighted by Crippen LogP contribution is -2.35. The van der Waals surface area contributed by atoms with Gasteiger partial charge >= 0.3 is 6.18 Å². The smallest absolute Gasteiger partial charge is 0.192 e. The summed E-state index contributed by atoms with van der Waals surface area (Å²) in [5.41, 5.74) is 3.36. The molecule has 0 aliphatic carbocycles. The molecule has 0 amide bonds. The number of hydrogen-bond acceptors (Lipinski definition) is 2. The molecule has 0 saturated carbocycles. The maximum Gasteiger partial charge on any atom is 0.417 e. The number of thioether (sulfide) groups is 1. The average molecular weight is 572 g/mol. The maximum absolute atomic E-state index is 14.1. The number of halogens is 3. The van der Waals surface area contributed by atoms with Crippen LogP contribution < -0.4 is 0 Å². The maximum atomic E-state index is 14.1. The topological polar surface area (TPSA) is 23.8 Å². The number of hydrogen-bond donors (Lipinski definition) is 0. The lowest BCUT2D eigenvalue weighted by molar-refractivity contribution is -0.137. The number of rotatable bonds is 11. The van der Waals surface area contributed by atoms with Crippen molar-refractivity contribution in [3.05, 3.63) is 125 Å². The Morgan fingerprint density at radius 3 is 2.15 bits per heavy atom. The Bertz CT molecular complexity index is 1470. The van der Waals surface area contributed by atoms with Crippen molar-refractivity contribution in [1.82, 2.24) is 0 Å². The summed E-state index contributed by atoms with van der Waals surface area (Å²) in [6.07, 6.45) is 1.56. The second-order valence-electron chi connectivity index (χ2n) is 10.9. The lowest BCUT2D eigenvalue weighted by atomic mass is 9.64. The number of nitriles is 1. The van der Waals surface area contributed by atoms with Gasteiger partial charge in [-0.05, 0) is 95.4 Å². The van der Waals surface area contributed by atoms with E-state index in [4.69, 9.17) is 0 Å². The van der Waals surface area contributed by atoms with Crippen LogP contribution in [-0.4, -0.2) is 6.26 Å². The molecule has 0 fully saturated rings. The standard InChI is InChI=1S/C36H36F3NS/c1-4-9-31(18-14-26-10-6-5-7-11-26)35(2,32-19-15-30(25-40)34(23-32)36(37,38)39)24-27-12-8-13-29(22-27)28-16-20-33(41-3)21-17-28/h5-8,10-13,15-17,19-23,31H,4,9,14,18,24H2,1-3H3/t31?,35-/m0/s1. The van der Waals surface area contributed by atoms with Gasteiger partial charge in [-0.3, -0.25) is 0 Å². The van der Waals surface area contributed by atoms with Crippen LogP contribution in [0.3, 0.4) is 0 Å². The SMILES string of the molecule is CCCC(CCc1ccccc1)[C@](C)(Cc1cccc(-c2ccc(SC)cc2)c1)c1ccc(C#N)c(C(F)(F)F)c1. The summed E-state index contributed by atoms with van der Waals surface area (Å²) in [7, 11) is 0. The normalized spacial score (nSPS) is 13.8. The molecule has 0 radical (unpaired) electrons. The Balaban J connectivity index is 1.78. The number of benzene rings is 4. The Hall–Kier alpha value is -3.49. The first kappa shape index (κ1) is 30.5. The average Bonchev–Trinajstić information content (AvgIpc) is 2.99. The molecule has 0 aromatic heterocycles. The van der Waals surface area contributed by atoms with E-state index in [2.05, 4.69) is 68.4 Å². The highest BCUT2D eigenvalue weighted by Gasteiger charge is 2.39. The molecule has 0 heterocycles. The van der Waals surface area contributed by atoms with Gasteiger partial charge in [0.05, 0.1) is 17.2 Å². The third kappa shape index (κ3) is 7.43. The fourth-order valence-corrected chi connectivity index (χ4v) is 6.31. The van der Waals surface area contributed by atoms with E-state index >= 15 is 0 Å². The molecule has 2 atom stereocenters. The summed E-state index contributed by atoms with van der Waals surface area (Å²) in [5, 5.41) is 9.43. The summed E-state index contributed by atoms with van der Waals surface area (Å²) in [4.78, 5) is 1.19. The number of nitrogens with zero attached hydrogens (tertiary/aromatic N) is 1. The quantitative estimate of drug-likeness (QED) is 0.167. The van der Waals surface area contributed by atoms with E-state index in [0.29, 0.717) is 12.0 Å². The van der Waals surface area contributed by atoms with Gasteiger partial charge in [0.25, 0.3) is 0 Å². The zero-order chi connectivity index (χ0) is 29.5. The summed E-state index contributed by atoms with van der Waals surface area (Å²) < 4.78 is 42.3. The predicted molar refractivity (Wildman–Crippen MR) is 164 cm³/mol. The molecular weight excluding hydrogens is 535 g/mol. The molecule has 41 heavy (non-hydrogen) atoms. The molecule has 0 bridgehead atoms. The fraction of sp³-hybridized carbons (Fsp3) is 0.306. The van der Waals surface area contributed by atoms with Crippen molar-refractivity contribution in [2.24, 2.45) is 5.92 Å². The van der Waals surface area contributed by atoms with E-state index in [1.807, 2.05) is 30.5 Å². The van der Waals surface area contributed by atoms with Gasteiger partial charge < -0.3 is 0 Å². The molecule has 0 spiro atoms. The van der Waals surface area contributed by atoms with Gasteiger partial charge in [0.1, 0.15) is 0 Å². The molecule has 5 heteroatoms. The zero-order valence-electron chi connectivity index (χ0n) is 23.8. The Morgan fingerprint density at radius 1 is 0.805 bits per heavy atom. The van der Waals surface area contributed by atoms with Crippen LogP contribution in [0.15, 0.2) is 102 Å². The first-order chi connectivity index (χ1) is 19.7. The Morgan fingerprint density at radius 2 is 1.51 bits per heavy atom. The van der Waals surface area contributed by atoms with Crippen LogP contribution >= 0.6 is 11.8 Å². The Kier molecular flexibility index (Phi) is 9.99. The second-order valence-corrected chi connectivity index (χ2v) is 11.8. The molecule has 0 aliphatic rings. The van der Waals surface area contributed by atoms with Crippen molar-refractivity contribution in [1.29, 1.82) is 5.26 Å². The second kappa shape index (κ2) is 13.4. The highest BCUT2D eigenvalue weighted by molar-refractivity contribution is 7.98. The zero-order valence-corrected chi connectivity index (χ0v) is 24.7. The van der Waals surface area contributed by atoms with E-state index in [0.717, 1.165) is 42.4 Å². The monoisotopic (exact) mass is 571 g/mol. The Labute approximate surface area is 246 Å². The molecular formula is C36H36F3NS. The van der Waals surface area contributed by atoms with Crippen molar-refractivity contribution in [2.45, 2.75) is 62.4 Å². The summed E-state index contributed by atoms with van der Waals surface area (Å²) >= 11 is 1.70. The van der Waals surface area contributed by atoms with Crippen molar-refractivity contribution in [2.75, 3.05) is 6.26 Å². The first-order valence-electron chi connectivity index (χ1n) is 14.1. The van der Waals surface area contributed by atoms with Crippen molar-refractivity contribution in [3.8, 4) is 17.2 Å². The lowest BCUT2D eigenvalue weighted by Gasteiger charge is -2.40. The van der Waals surface area contributed by atoms with Gasteiger partial charge in [-0.2, -0.15) is 18.4 Å². The first-order valence-corrected chi connectivity index (χ1v) is 15.3. The van der Waals surface area contributed by atoms with Crippen LogP contribution in [0.4, 0.5) is 13.2 Å². The van der Waals surface area contributed by atoms with E-state index in [1.165, 1.54) is 22.6 Å². The molecule has 0 aliphatic heterocycles. The molecule has 1 unspecified atom stereocenters. The summed E-state index contributed by atoms with van der Waals surface area (Å²) in [6, 6.07) is 33.1. The minimum absolute atomic E-state index is 0.131. The molecule has 4 aromatic rings. The number of alkyl halides is 3. The number of aryl methyl sites for hydroxylation is 1. The van der Waals surface area contributed by atoms with Crippen LogP contribution in [0.5, 0.6) is 0 Å². The molecule has 0 N–H and O–H groups in total. The van der Waals surface area contributed by atoms with Gasteiger partial charge in [-0.15, -0.1) is 11.8 Å². The van der Waals surface area contributed by atoms with Gasteiger partial charge in [-0.25, -0.2) is 0 Å². The van der Waals surface area contributed by atoms with Crippen molar-refractivity contribution < 1.29 is 13.2 Å². The van der Waals surface area contributed by atoms with Crippen LogP contribution in [0, 0.1) is 17.2 Å². The van der Waals surface area contributed by atoms with Crippen LogP contribution in [-0.2, 0) is 24.4 Å². The fourth-order valence-electron chi connectivity index (χ4n) is 5.90. The third-order valence-electron chi connectivity index (χ3n) is 8.19. The van der Waals surface area contributed by atoms with Gasteiger partial charge in [-0.1, -0.05) is 93.1 Å². The minimum atomic E-state index is -4.60. The largest absolute Gasteiger partial charge is 0.417 e. The van der Waals surface area contributed by atoms with E-state index < -0.39 is 17.2 Å². The van der Waals surface area contributed by atoms with Crippen LogP contribution in [0.25, 0.3) is 11.1 Å². The molecule has 1 nitrogen and oxygen atoms in total. The molecule has 4 aromatic carbocycles. The van der Waals surface area contributed by atoms with E-state index in [1.54, 1.807) is 23.9 Å². The molecule has 4 rings (SSSR count). The summed E-state index contributed by atoms with van der Waals surface area (Å²) in [5.74, 6) is 0.131. The van der Waals surface area contributed by atoms with Crippen LogP contribution in [0.1, 0.15) is 60.9 Å². The third-order valence-corrected chi connectivity index (χ3v) is 8.93.